The van der Waals surface area contributed by atoms with E-state index in [0.717, 1.165) is 79.1 Å². The Bertz CT molecular complexity index is 3220. The van der Waals surface area contributed by atoms with E-state index in [0.29, 0.717) is 53.1 Å². The van der Waals surface area contributed by atoms with E-state index in [9.17, 15) is 64.5 Å². The number of nitrogens with one attached hydrogen (secondary N) is 6. The number of amides is 7. The highest BCUT2D eigenvalue weighted by Crippen LogP contribution is 2.34. The highest BCUT2D eigenvalue weighted by atomic mass is 32.2. The number of ether oxygens (including phenoxy) is 2. The Hall–Kier alpha value is -6.95. The molecule has 0 spiro atoms. The first-order valence-electron chi connectivity index (χ1n) is 31.9. The molecule has 3 aliphatic heterocycles. The van der Waals surface area contributed by atoms with Crippen molar-refractivity contribution in [1.29, 1.82) is 0 Å². The molecule has 0 aliphatic carbocycles. The quantitative estimate of drug-likeness (QED) is 0.0138. The summed E-state index contributed by atoms with van der Waals surface area (Å²) in [5.74, 6) is -8.25. The number of carbonyl (C=O) groups excluding carboxylic acids is 7. The second-order valence-corrected chi connectivity index (χ2v) is 26.1. The predicted molar refractivity (Wildman–Crippen MR) is 351 cm³/mol. The van der Waals surface area contributed by atoms with Gasteiger partial charge < -0.3 is 91.1 Å². The number of phenols is 1. The predicted octanol–water partition coefficient (Wildman–Crippen LogP) is 0.694. The average molecular weight is 1440 g/mol. The first kappa shape index (κ1) is 78.4. The first-order valence-corrected chi connectivity index (χ1v) is 34.3. The minimum Gasteiger partial charge on any atom is -0.504 e. The Balaban J connectivity index is 1.15. The molecule has 3 aromatic carbocycles. The number of aliphatic hydroxyl groups is 6. The Morgan fingerprint density at radius 2 is 1.37 bits per heavy atom. The molecule has 7 rings (SSSR count). The largest absolute Gasteiger partial charge is 0.504 e. The van der Waals surface area contributed by atoms with Gasteiger partial charge in [0.05, 0.1) is 43.2 Å². The molecule has 98 heavy (non-hydrogen) atoms. The van der Waals surface area contributed by atoms with Crippen molar-refractivity contribution < 1.29 is 112 Å². The van der Waals surface area contributed by atoms with Crippen LogP contribution in [0.4, 0.5) is 0 Å². The van der Waals surface area contributed by atoms with Crippen LogP contribution in [0.3, 0.4) is 0 Å². The molecule has 33 nitrogen and oxygen atoms in total. The summed E-state index contributed by atoms with van der Waals surface area (Å²) in [6, 6.07) is 5.89. The molecule has 540 valence electrons. The molecular formula is C62H86N10O23S3. The molecule has 0 radical (unpaired) electrons. The molecule has 7 amide bonds. The fourth-order valence-corrected chi connectivity index (χ4v) is 12.9. The van der Waals surface area contributed by atoms with Crippen LogP contribution < -0.4 is 40.8 Å². The lowest BCUT2D eigenvalue weighted by Crippen LogP contribution is -2.64. The molecule has 3 aliphatic rings. The van der Waals surface area contributed by atoms with Gasteiger partial charge >= 0.3 is 0 Å². The lowest BCUT2D eigenvalue weighted by molar-refractivity contribution is -0.433. The van der Waals surface area contributed by atoms with Crippen LogP contribution >= 0.6 is 35.7 Å². The van der Waals surface area contributed by atoms with Gasteiger partial charge in [0.1, 0.15) is 52.0 Å². The van der Waals surface area contributed by atoms with Gasteiger partial charge in [-0.15, -0.1) is 14.5 Å². The minimum absolute atomic E-state index is 0.0138. The highest BCUT2D eigenvalue weighted by Gasteiger charge is 2.50. The van der Waals surface area contributed by atoms with Crippen molar-refractivity contribution in [3.8, 4) is 38.4 Å². The summed E-state index contributed by atoms with van der Waals surface area (Å²) < 4.78 is 24.8. The van der Waals surface area contributed by atoms with Crippen molar-refractivity contribution >= 4 is 77.1 Å². The zero-order chi connectivity index (χ0) is 70.8. The van der Waals surface area contributed by atoms with Gasteiger partial charge in [-0.2, -0.15) is 0 Å². The number of phenolic OH excluding ortho intramolecular Hbond substituents is 1. The van der Waals surface area contributed by atoms with Crippen molar-refractivity contribution in [3.63, 3.8) is 0 Å². The van der Waals surface area contributed by atoms with Crippen LogP contribution in [0.5, 0.6) is 17.2 Å². The number of aromatic nitrogens is 2. The third-order valence-electron chi connectivity index (χ3n) is 16.6. The number of benzene rings is 3. The van der Waals surface area contributed by atoms with Crippen LogP contribution in [0.25, 0.3) is 21.1 Å². The SMILES string of the molecule is COCCCCCCCOc1ccc(-c2nnc(-c3ccc(C(=O)N[C@H]4C[C@H](O)CNC(=O)[C@@H]5[C@@H](O)[C@H](C)CN5C(=O)[C@H]([C@H](O)CCNCCCCSOOO)NC(=O)[C@H]([C@H](O)Cc5ccc(O)c(OSOOO)c5)NC(=O)[C@@H]5C[C@H](O)CN5C(=O)[C@H]([C@H](C)O)NC4=O)cc3)s2)cc1. The van der Waals surface area contributed by atoms with Crippen LogP contribution in [-0.4, -0.2) is 239 Å². The second-order valence-electron chi connectivity index (χ2n) is 23.9. The van der Waals surface area contributed by atoms with Gasteiger partial charge in [0.25, 0.3) is 18.2 Å². The van der Waals surface area contributed by atoms with Crippen LogP contribution in [-0.2, 0) is 58.7 Å². The first-order chi connectivity index (χ1) is 47.1. The Morgan fingerprint density at radius 3 is 2.05 bits per heavy atom. The molecule has 4 heterocycles. The van der Waals surface area contributed by atoms with Crippen LogP contribution in [0, 0.1) is 5.92 Å². The highest BCUT2D eigenvalue weighted by molar-refractivity contribution is 7.94. The van der Waals surface area contributed by atoms with Crippen LogP contribution in [0.1, 0.15) is 94.0 Å². The van der Waals surface area contributed by atoms with E-state index < -0.39 is 158 Å². The zero-order valence-corrected chi connectivity index (χ0v) is 56.5. The van der Waals surface area contributed by atoms with Gasteiger partial charge in [0, 0.05) is 93.0 Å². The van der Waals surface area contributed by atoms with E-state index >= 15 is 4.79 Å². The maximum Gasteiger partial charge on any atom is 0.261 e. The van der Waals surface area contributed by atoms with Crippen molar-refractivity contribution in [1.82, 2.24) is 51.9 Å². The number of fused-ring (bicyclic) bond motifs is 2. The summed E-state index contributed by atoms with van der Waals surface area (Å²) in [6.07, 6.45) is -5.92. The lowest BCUT2D eigenvalue weighted by Gasteiger charge is -2.34. The van der Waals surface area contributed by atoms with Gasteiger partial charge in [0.15, 0.2) is 11.5 Å². The Morgan fingerprint density at radius 1 is 0.714 bits per heavy atom. The number of unbranched alkanes of at least 4 members (excludes halogenated alkanes) is 5. The monoisotopic (exact) mass is 1430 g/mol. The molecule has 1 aromatic heterocycles. The Kier molecular flexibility index (Phi) is 31.8. The number of nitrogens with zero attached hydrogens (tertiary/aromatic N) is 4. The van der Waals surface area contributed by atoms with E-state index in [2.05, 4.69) is 60.8 Å². The molecule has 13 atom stereocenters. The molecule has 0 saturated carbocycles. The fourth-order valence-electron chi connectivity index (χ4n) is 11.3. The molecule has 3 fully saturated rings. The number of β-amino-alcohol motifs (C(OH)–C–C–N with tert-alkyl or cyclic N) is 1. The van der Waals surface area contributed by atoms with Gasteiger partial charge in [-0.25, -0.2) is 10.5 Å². The van der Waals surface area contributed by atoms with Crippen LogP contribution in [0.2, 0.25) is 0 Å². The minimum atomic E-state index is -2.13. The number of rotatable bonds is 32. The number of aliphatic hydroxyl groups excluding tert-OH is 6. The molecule has 4 aromatic rings. The van der Waals surface area contributed by atoms with Crippen molar-refractivity contribution in [2.24, 2.45) is 5.92 Å². The van der Waals surface area contributed by atoms with Gasteiger partial charge in [-0.05, 0) is 106 Å². The standard InChI is InChI=1S/C62H86N10O23S3/c1-34-32-72-52(53(34)79)58(84)64-31-40(74)29-43(65-54(80)37-12-14-38(15-13-37)59-69-70-60(97-59)39-16-18-42(19-17-39)90-25-9-6-4-5-8-24-89-3)55(81)66-49(35(2)73)61(85)71-33-41(75)30-44(71)56(82)67-50(47(78)27-36-11-20-45(76)48(28-36)91-98-95-93-88)57(83)68-51(62(72)86)46(77)21-23-63-22-7-10-26-96-94-92-87/h11-20,28,34-35,40-41,43-44,46-47,49-53,63,73-79,87-88H,4-10,21-27,29-33H2,1-3H3,(H,64,84)(H,65,80)(H,66,81)(H,67,82)(H,68,83)/t34-,35+,40+,41+,43+,44+,46-,47-,49+,50+,51+,52+,53+/m1/s1. The maximum absolute atomic E-state index is 15.1. The van der Waals surface area contributed by atoms with E-state index in [4.69, 9.17) is 24.2 Å². The number of aromatic hydroxyl groups is 1. The maximum atomic E-state index is 15.1. The summed E-state index contributed by atoms with van der Waals surface area (Å²) in [5.41, 5.74) is 1.52. The summed E-state index contributed by atoms with van der Waals surface area (Å²) in [4.78, 5) is 104. The summed E-state index contributed by atoms with van der Waals surface area (Å²) >= 11 is 2.23. The molecule has 0 bridgehead atoms. The average Bonchev–Trinajstić information content (AvgIpc) is 1.62. The van der Waals surface area contributed by atoms with Gasteiger partial charge in [-0.3, -0.25) is 33.6 Å². The third kappa shape index (κ3) is 22.8. The summed E-state index contributed by atoms with van der Waals surface area (Å²) in [7, 11) is 1.70. The molecule has 15 N–H and O–H groups in total. The van der Waals surface area contributed by atoms with E-state index in [-0.39, 0.29) is 48.7 Å². The van der Waals surface area contributed by atoms with E-state index in [1.165, 1.54) is 42.5 Å². The van der Waals surface area contributed by atoms with Crippen molar-refractivity contribution in [3.05, 3.63) is 77.9 Å². The topological polar surface area (TPSA) is 471 Å². The lowest BCUT2D eigenvalue weighted by atomic mass is 9.98. The third-order valence-corrected chi connectivity index (χ3v) is 18.6. The smallest absolute Gasteiger partial charge is 0.261 e. The van der Waals surface area contributed by atoms with E-state index in [1.807, 2.05) is 24.3 Å². The summed E-state index contributed by atoms with van der Waals surface area (Å²) in [6.45, 7) is 2.80. The van der Waals surface area contributed by atoms with E-state index in [1.54, 1.807) is 19.2 Å². The van der Waals surface area contributed by atoms with Crippen molar-refractivity contribution in [2.75, 3.05) is 58.8 Å². The number of hydrogen-bond acceptors (Lipinski definition) is 29. The zero-order valence-electron chi connectivity index (χ0n) is 54.0. The number of carbonyl (C=O) groups is 7. The Labute approximate surface area is 576 Å². The normalized spacial score (nSPS) is 23.9. The second kappa shape index (κ2) is 39.7. The molecule has 0 unspecified atom stereocenters. The molecular weight excluding hydrogens is 1350 g/mol. The van der Waals surface area contributed by atoms with Gasteiger partial charge in [0.2, 0.25) is 35.4 Å². The molecule has 36 heteroatoms. The van der Waals surface area contributed by atoms with Crippen molar-refractivity contribution in [2.45, 2.75) is 157 Å². The fraction of sp³-hybridized carbons (Fsp3) is 0.565. The molecule has 3 saturated heterocycles. The van der Waals surface area contributed by atoms with Gasteiger partial charge in [-0.1, -0.05) is 70.1 Å². The van der Waals surface area contributed by atoms with Crippen LogP contribution in [0.15, 0.2) is 66.7 Å². The summed E-state index contributed by atoms with van der Waals surface area (Å²) in [5, 5.41) is 129. The number of methoxy groups -OCH3 is 1. The number of hydrogen-bond donors (Lipinski definition) is 15.